The van der Waals surface area contributed by atoms with Crippen molar-refractivity contribution in [3.63, 3.8) is 0 Å². The summed E-state index contributed by atoms with van der Waals surface area (Å²) in [5.41, 5.74) is 2.76. The van der Waals surface area contributed by atoms with Crippen molar-refractivity contribution < 1.29 is 17.9 Å². The van der Waals surface area contributed by atoms with E-state index in [1.165, 1.54) is 0 Å². The first kappa shape index (κ1) is 23.6. The Kier molecular flexibility index (Phi) is 7.97. The average molecular weight is 465 g/mol. The fourth-order valence-corrected chi connectivity index (χ4v) is 5.12. The molecule has 0 saturated heterocycles. The monoisotopic (exact) mass is 464 g/mol. The summed E-state index contributed by atoms with van der Waals surface area (Å²) in [6.07, 6.45) is 4.54. The Labute approximate surface area is 189 Å². The molecule has 0 spiro atoms. The van der Waals surface area contributed by atoms with Crippen LogP contribution >= 0.6 is 11.6 Å². The number of hydrogen-bond acceptors (Lipinski definition) is 4. The number of hydrogen-bond donors (Lipinski definition) is 2. The van der Waals surface area contributed by atoms with Crippen LogP contribution < -0.4 is 14.8 Å². The second-order valence-corrected chi connectivity index (χ2v) is 10.1. The molecule has 2 N–H and O–H groups in total. The summed E-state index contributed by atoms with van der Waals surface area (Å²) in [6.45, 7) is 4.14. The van der Waals surface area contributed by atoms with Gasteiger partial charge in [0.25, 0.3) is 5.91 Å². The van der Waals surface area contributed by atoms with Gasteiger partial charge in [0.15, 0.2) is 6.61 Å². The molecule has 1 saturated carbocycles. The molecular formula is C23H29ClN2O4S. The topological polar surface area (TPSA) is 84.5 Å². The molecule has 0 heterocycles. The number of sulfonamides is 1. The van der Waals surface area contributed by atoms with Gasteiger partial charge >= 0.3 is 0 Å². The second-order valence-electron chi connectivity index (χ2n) is 8.01. The summed E-state index contributed by atoms with van der Waals surface area (Å²) in [7, 11) is -3.48. The molecule has 8 heteroatoms. The highest BCUT2D eigenvalue weighted by Crippen LogP contribution is 2.25. The molecule has 6 nitrogen and oxygen atoms in total. The van der Waals surface area contributed by atoms with Crippen LogP contribution in [0.2, 0.25) is 5.02 Å². The van der Waals surface area contributed by atoms with Gasteiger partial charge in [-0.1, -0.05) is 36.6 Å². The van der Waals surface area contributed by atoms with Gasteiger partial charge in [-0.25, -0.2) is 13.1 Å². The minimum absolute atomic E-state index is 0.0443. The highest BCUT2D eigenvalue weighted by molar-refractivity contribution is 7.89. The maximum Gasteiger partial charge on any atom is 0.257 e. The number of rotatable bonds is 9. The maximum atomic E-state index is 12.5. The maximum absolute atomic E-state index is 12.5. The molecule has 1 aliphatic rings. The Morgan fingerprint density at radius 2 is 1.71 bits per heavy atom. The normalized spacial score (nSPS) is 14.5. The van der Waals surface area contributed by atoms with Gasteiger partial charge in [0, 0.05) is 17.6 Å². The van der Waals surface area contributed by atoms with Crippen molar-refractivity contribution in [1.29, 1.82) is 0 Å². The third-order valence-electron chi connectivity index (χ3n) is 5.43. The van der Waals surface area contributed by atoms with Crippen LogP contribution in [0.3, 0.4) is 0 Å². The number of carbonyl (C=O) groups excluding carboxylic acids is 1. The molecule has 0 aliphatic heterocycles. The quantitative estimate of drug-likeness (QED) is 0.589. The molecule has 168 valence electrons. The third-order valence-corrected chi connectivity index (χ3v) is 7.56. The zero-order chi connectivity index (χ0) is 22.4. The minimum Gasteiger partial charge on any atom is -0.484 e. The SMILES string of the molecule is Cc1cc(OCC(=O)NCCc2ccc(S(=O)(=O)NC3CCCC3)cc2)cc(C)c1Cl. The van der Waals surface area contributed by atoms with E-state index < -0.39 is 10.0 Å². The summed E-state index contributed by atoms with van der Waals surface area (Å²) in [5, 5.41) is 3.51. The zero-order valence-electron chi connectivity index (χ0n) is 17.9. The molecule has 2 aromatic carbocycles. The van der Waals surface area contributed by atoms with Crippen molar-refractivity contribution in [2.75, 3.05) is 13.2 Å². The Hall–Kier alpha value is -2.09. The molecule has 1 fully saturated rings. The molecule has 0 unspecified atom stereocenters. The van der Waals surface area contributed by atoms with Gasteiger partial charge in [0.1, 0.15) is 5.75 Å². The Balaban J connectivity index is 1.43. The first-order valence-electron chi connectivity index (χ1n) is 10.5. The van der Waals surface area contributed by atoms with Crippen molar-refractivity contribution >= 4 is 27.5 Å². The molecule has 0 atom stereocenters. The van der Waals surface area contributed by atoms with Crippen LogP contribution in [0.4, 0.5) is 0 Å². The van der Waals surface area contributed by atoms with Crippen molar-refractivity contribution in [3.05, 3.63) is 58.1 Å². The fourth-order valence-electron chi connectivity index (χ4n) is 3.70. The molecule has 1 amide bonds. The van der Waals surface area contributed by atoms with E-state index >= 15 is 0 Å². The first-order chi connectivity index (χ1) is 14.7. The van der Waals surface area contributed by atoms with Crippen LogP contribution in [0.15, 0.2) is 41.3 Å². The van der Waals surface area contributed by atoms with E-state index in [9.17, 15) is 13.2 Å². The van der Waals surface area contributed by atoms with Gasteiger partial charge in [0.05, 0.1) is 4.90 Å². The van der Waals surface area contributed by atoms with Gasteiger partial charge in [-0.3, -0.25) is 4.79 Å². The van der Waals surface area contributed by atoms with Crippen LogP contribution in [0, 0.1) is 13.8 Å². The van der Waals surface area contributed by atoms with E-state index in [-0.39, 0.29) is 23.5 Å². The molecule has 1 aliphatic carbocycles. The molecular weight excluding hydrogens is 436 g/mol. The zero-order valence-corrected chi connectivity index (χ0v) is 19.5. The number of nitrogens with one attached hydrogen (secondary N) is 2. The van der Waals surface area contributed by atoms with Gasteiger partial charge < -0.3 is 10.1 Å². The standard InChI is InChI=1S/C23H29ClN2O4S/c1-16-13-20(14-17(2)23(16)24)30-15-22(27)25-12-11-18-7-9-21(10-8-18)31(28,29)26-19-5-3-4-6-19/h7-10,13-14,19,26H,3-6,11-12,15H2,1-2H3,(H,25,27). The molecule has 0 bridgehead atoms. The lowest BCUT2D eigenvalue weighted by Gasteiger charge is -2.13. The molecule has 31 heavy (non-hydrogen) atoms. The summed E-state index contributed by atoms with van der Waals surface area (Å²) < 4.78 is 33.3. The number of halogens is 1. The minimum atomic E-state index is -3.48. The van der Waals surface area contributed by atoms with Gasteiger partial charge in [0.2, 0.25) is 10.0 Å². The summed E-state index contributed by atoms with van der Waals surface area (Å²) in [5.74, 6) is 0.391. The predicted molar refractivity (Wildman–Crippen MR) is 122 cm³/mol. The van der Waals surface area contributed by atoms with Crippen molar-refractivity contribution in [2.45, 2.75) is 56.9 Å². The first-order valence-corrected chi connectivity index (χ1v) is 12.4. The smallest absolute Gasteiger partial charge is 0.257 e. The number of benzene rings is 2. The van der Waals surface area contributed by atoms with Crippen LogP contribution in [-0.2, 0) is 21.2 Å². The van der Waals surface area contributed by atoms with E-state index in [0.717, 1.165) is 42.4 Å². The second kappa shape index (κ2) is 10.5. The van der Waals surface area contributed by atoms with E-state index in [1.807, 2.05) is 13.8 Å². The lowest BCUT2D eigenvalue weighted by Crippen LogP contribution is -2.32. The Morgan fingerprint density at radius 3 is 2.32 bits per heavy atom. The third kappa shape index (κ3) is 6.69. The summed E-state index contributed by atoms with van der Waals surface area (Å²) in [4.78, 5) is 12.3. The number of carbonyl (C=O) groups is 1. The summed E-state index contributed by atoms with van der Waals surface area (Å²) >= 11 is 6.14. The van der Waals surface area contributed by atoms with Crippen LogP contribution in [0.1, 0.15) is 42.4 Å². The van der Waals surface area contributed by atoms with E-state index in [1.54, 1.807) is 36.4 Å². The van der Waals surface area contributed by atoms with E-state index in [2.05, 4.69) is 10.0 Å². The van der Waals surface area contributed by atoms with E-state index in [4.69, 9.17) is 16.3 Å². The lowest BCUT2D eigenvalue weighted by atomic mass is 10.1. The summed E-state index contributed by atoms with van der Waals surface area (Å²) in [6, 6.07) is 10.4. The van der Waals surface area contributed by atoms with Crippen LogP contribution in [0.25, 0.3) is 0 Å². The van der Waals surface area contributed by atoms with Gasteiger partial charge in [-0.05, 0) is 74.1 Å². The van der Waals surface area contributed by atoms with Crippen LogP contribution in [0.5, 0.6) is 5.75 Å². The number of amides is 1. The van der Waals surface area contributed by atoms with Crippen molar-refractivity contribution in [3.8, 4) is 5.75 Å². The highest BCUT2D eigenvalue weighted by atomic mass is 35.5. The largest absolute Gasteiger partial charge is 0.484 e. The molecule has 2 aromatic rings. The lowest BCUT2D eigenvalue weighted by molar-refractivity contribution is -0.123. The Bertz CT molecular complexity index is 993. The van der Waals surface area contributed by atoms with Crippen molar-refractivity contribution in [1.82, 2.24) is 10.0 Å². The van der Waals surface area contributed by atoms with E-state index in [0.29, 0.717) is 23.7 Å². The Morgan fingerprint density at radius 1 is 1.10 bits per heavy atom. The van der Waals surface area contributed by atoms with Crippen molar-refractivity contribution in [2.24, 2.45) is 0 Å². The molecule has 0 radical (unpaired) electrons. The van der Waals surface area contributed by atoms with Gasteiger partial charge in [-0.2, -0.15) is 0 Å². The highest BCUT2D eigenvalue weighted by Gasteiger charge is 2.22. The van der Waals surface area contributed by atoms with Crippen LogP contribution in [-0.4, -0.2) is 33.5 Å². The number of aryl methyl sites for hydroxylation is 2. The predicted octanol–water partition coefficient (Wildman–Crippen LogP) is 3.92. The van der Waals surface area contributed by atoms with Gasteiger partial charge in [-0.15, -0.1) is 0 Å². The average Bonchev–Trinajstić information content (AvgIpc) is 3.23. The molecule has 3 rings (SSSR count). The fraction of sp³-hybridized carbons (Fsp3) is 0.435. The number of ether oxygens (including phenoxy) is 1. The molecule has 0 aromatic heterocycles.